The number of anilines is 3. The number of halogens is 2. The molecule has 1 aromatic heterocycles. The lowest BCUT2D eigenvalue weighted by atomic mass is 10.1. The largest absolute Gasteiger partial charge is 0.462 e. The highest BCUT2D eigenvalue weighted by Crippen LogP contribution is 2.44. The number of hydrogen-bond donors (Lipinski definition) is 0. The molecule has 0 fully saturated rings. The second-order valence-electron chi connectivity index (χ2n) is 5.36. The molecule has 0 unspecified atom stereocenters. The summed E-state index contributed by atoms with van der Waals surface area (Å²) in [5.74, 6) is 0. The predicted molar refractivity (Wildman–Crippen MR) is 101 cm³/mol. The Hall–Kier alpha value is -2.42. The molecule has 4 aromatic rings. The molecule has 4 rings (SSSR count). The lowest BCUT2D eigenvalue weighted by molar-refractivity contribution is 0.616. The number of hydrogen-bond acceptors (Lipinski definition) is 2. The van der Waals surface area contributed by atoms with E-state index in [1.165, 1.54) is 0 Å². The van der Waals surface area contributed by atoms with E-state index >= 15 is 0 Å². The van der Waals surface area contributed by atoms with Gasteiger partial charge in [-0.15, -0.1) is 0 Å². The lowest BCUT2D eigenvalue weighted by Gasteiger charge is -2.25. The van der Waals surface area contributed by atoms with Gasteiger partial charge in [-0.1, -0.05) is 59.6 Å². The van der Waals surface area contributed by atoms with Gasteiger partial charge in [0.25, 0.3) is 0 Å². The van der Waals surface area contributed by atoms with Crippen LogP contribution in [0.3, 0.4) is 0 Å². The third-order valence-electron chi connectivity index (χ3n) is 3.89. The van der Waals surface area contributed by atoms with Crippen LogP contribution in [0.25, 0.3) is 11.0 Å². The van der Waals surface area contributed by atoms with Crippen LogP contribution in [0.15, 0.2) is 83.5 Å². The molecule has 0 N–H and O–H groups in total. The minimum atomic E-state index is 0.508. The van der Waals surface area contributed by atoms with Crippen molar-refractivity contribution >= 4 is 51.2 Å². The van der Waals surface area contributed by atoms with E-state index in [2.05, 4.69) is 4.90 Å². The lowest BCUT2D eigenvalue weighted by Crippen LogP contribution is -2.10. The summed E-state index contributed by atoms with van der Waals surface area (Å²) in [5.41, 5.74) is 3.53. The number of nitrogens with zero attached hydrogens (tertiary/aromatic N) is 1. The molecule has 3 aromatic carbocycles. The Balaban J connectivity index is 2.00. The molecule has 4 heteroatoms. The van der Waals surface area contributed by atoms with E-state index in [9.17, 15) is 0 Å². The maximum absolute atomic E-state index is 6.50. The van der Waals surface area contributed by atoms with Gasteiger partial charge in [-0.3, -0.25) is 0 Å². The molecule has 0 aliphatic heterocycles. The van der Waals surface area contributed by atoms with Gasteiger partial charge in [0.2, 0.25) is 0 Å². The molecule has 0 atom stereocenters. The average Bonchev–Trinajstić information content (AvgIpc) is 3.04. The predicted octanol–water partition coefficient (Wildman–Crippen LogP) is 7.21. The number of rotatable bonds is 3. The van der Waals surface area contributed by atoms with E-state index in [1.54, 1.807) is 12.3 Å². The molecule has 0 spiro atoms. The van der Waals surface area contributed by atoms with E-state index in [0.29, 0.717) is 10.0 Å². The van der Waals surface area contributed by atoms with E-state index in [-0.39, 0.29) is 0 Å². The van der Waals surface area contributed by atoms with Crippen molar-refractivity contribution < 1.29 is 4.42 Å². The Bertz CT molecular complexity index is 995. The van der Waals surface area contributed by atoms with Crippen LogP contribution in [0.1, 0.15) is 0 Å². The van der Waals surface area contributed by atoms with E-state index in [1.807, 2.05) is 66.7 Å². The molecule has 0 radical (unpaired) electrons. The van der Waals surface area contributed by atoms with Crippen LogP contribution in [0.5, 0.6) is 0 Å². The van der Waals surface area contributed by atoms with E-state index in [4.69, 9.17) is 27.6 Å². The fourth-order valence-corrected chi connectivity index (χ4v) is 3.17. The minimum Gasteiger partial charge on any atom is -0.462 e. The van der Waals surface area contributed by atoms with E-state index in [0.717, 1.165) is 28.0 Å². The number of furan rings is 1. The highest BCUT2D eigenvalue weighted by Gasteiger charge is 2.20. The van der Waals surface area contributed by atoms with Crippen molar-refractivity contribution in [3.63, 3.8) is 0 Å². The monoisotopic (exact) mass is 353 g/mol. The van der Waals surface area contributed by atoms with Gasteiger partial charge in [0.05, 0.1) is 21.4 Å². The Morgan fingerprint density at radius 1 is 0.708 bits per heavy atom. The maximum Gasteiger partial charge on any atom is 0.136 e. The van der Waals surface area contributed by atoms with Crippen LogP contribution in [-0.4, -0.2) is 0 Å². The van der Waals surface area contributed by atoms with Crippen LogP contribution in [0.4, 0.5) is 17.1 Å². The molecule has 1 heterocycles. The smallest absolute Gasteiger partial charge is 0.136 e. The fourth-order valence-electron chi connectivity index (χ4n) is 2.79. The SMILES string of the molecule is Clc1cccc(N(c2ccccc2)c2coc3ccccc23)c1Cl. The van der Waals surface area contributed by atoms with Crippen LogP contribution in [-0.2, 0) is 0 Å². The summed E-state index contributed by atoms with van der Waals surface area (Å²) >= 11 is 12.7. The first-order chi connectivity index (χ1) is 11.8. The van der Waals surface area contributed by atoms with Crippen LogP contribution in [0.2, 0.25) is 10.0 Å². The minimum absolute atomic E-state index is 0.508. The van der Waals surface area contributed by atoms with Crippen LogP contribution in [0, 0.1) is 0 Å². The summed E-state index contributed by atoms with van der Waals surface area (Å²) in [6.45, 7) is 0. The zero-order valence-electron chi connectivity index (χ0n) is 12.6. The Morgan fingerprint density at radius 3 is 2.29 bits per heavy atom. The van der Waals surface area contributed by atoms with E-state index < -0.39 is 0 Å². The molecule has 0 saturated carbocycles. The molecule has 0 aliphatic carbocycles. The Kier molecular flexibility index (Phi) is 3.93. The Labute approximate surface area is 149 Å². The Morgan fingerprint density at radius 2 is 1.46 bits per heavy atom. The maximum atomic E-state index is 6.50. The van der Waals surface area contributed by atoms with Gasteiger partial charge >= 0.3 is 0 Å². The standard InChI is InChI=1S/C20H13Cl2NO/c21-16-10-6-11-17(20(16)22)23(14-7-2-1-3-8-14)18-13-24-19-12-5-4-9-15(18)19/h1-13H. The molecule has 0 aliphatic rings. The highest BCUT2D eigenvalue weighted by molar-refractivity contribution is 6.44. The number of benzene rings is 3. The molecule has 2 nitrogen and oxygen atoms in total. The third kappa shape index (κ3) is 2.54. The number of para-hydroxylation sites is 2. The first kappa shape index (κ1) is 15.1. The summed E-state index contributed by atoms with van der Waals surface area (Å²) < 4.78 is 5.73. The van der Waals surface area contributed by atoms with Gasteiger partial charge in [-0.2, -0.15) is 0 Å². The summed E-state index contributed by atoms with van der Waals surface area (Å²) in [6.07, 6.45) is 1.74. The molecule has 0 saturated heterocycles. The second-order valence-corrected chi connectivity index (χ2v) is 6.15. The van der Waals surface area contributed by atoms with Crippen LogP contribution >= 0.6 is 23.2 Å². The zero-order valence-corrected chi connectivity index (χ0v) is 14.1. The van der Waals surface area contributed by atoms with Crippen molar-refractivity contribution in [3.8, 4) is 0 Å². The highest BCUT2D eigenvalue weighted by atomic mass is 35.5. The van der Waals surface area contributed by atoms with Crippen molar-refractivity contribution in [1.29, 1.82) is 0 Å². The van der Waals surface area contributed by atoms with Gasteiger partial charge in [-0.05, 0) is 36.4 Å². The van der Waals surface area contributed by atoms with Gasteiger partial charge in [0.15, 0.2) is 0 Å². The summed E-state index contributed by atoms with van der Waals surface area (Å²) in [6, 6.07) is 23.6. The number of fused-ring (bicyclic) bond motifs is 1. The molecule has 0 bridgehead atoms. The molecule has 24 heavy (non-hydrogen) atoms. The quantitative estimate of drug-likeness (QED) is 0.386. The fraction of sp³-hybridized carbons (Fsp3) is 0. The third-order valence-corrected chi connectivity index (χ3v) is 4.70. The average molecular weight is 354 g/mol. The van der Waals surface area contributed by atoms with Gasteiger partial charge in [0.1, 0.15) is 11.8 Å². The van der Waals surface area contributed by atoms with Crippen molar-refractivity contribution in [3.05, 3.63) is 89.1 Å². The van der Waals surface area contributed by atoms with Gasteiger partial charge < -0.3 is 9.32 Å². The topological polar surface area (TPSA) is 16.4 Å². The normalized spacial score (nSPS) is 10.9. The van der Waals surface area contributed by atoms with Crippen molar-refractivity contribution in [1.82, 2.24) is 0 Å². The van der Waals surface area contributed by atoms with Crippen molar-refractivity contribution in [2.75, 3.05) is 4.90 Å². The summed E-state index contributed by atoms with van der Waals surface area (Å²) in [5, 5.41) is 2.04. The van der Waals surface area contributed by atoms with Gasteiger partial charge in [-0.25, -0.2) is 0 Å². The van der Waals surface area contributed by atoms with Gasteiger partial charge in [0, 0.05) is 11.1 Å². The van der Waals surface area contributed by atoms with Crippen molar-refractivity contribution in [2.45, 2.75) is 0 Å². The first-order valence-corrected chi connectivity index (χ1v) is 8.27. The van der Waals surface area contributed by atoms with Crippen LogP contribution < -0.4 is 4.90 Å². The van der Waals surface area contributed by atoms with Crippen molar-refractivity contribution in [2.24, 2.45) is 0 Å². The first-order valence-electron chi connectivity index (χ1n) is 7.51. The molecule has 118 valence electrons. The molecular weight excluding hydrogens is 341 g/mol. The summed E-state index contributed by atoms with van der Waals surface area (Å²) in [7, 11) is 0. The second kappa shape index (κ2) is 6.23. The molecule has 0 amide bonds. The summed E-state index contributed by atoms with van der Waals surface area (Å²) in [4.78, 5) is 2.06. The zero-order chi connectivity index (χ0) is 16.5. The molecular formula is C20H13Cl2NO.